The van der Waals surface area contributed by atoms with Crippen molar-refractivity contribution in [2.24, 2.45) is 0 Å². The van der Waals surface area contributed by atoms with Crippen molar-refractivity contribution in [1.82, 2.24) is 14.7 Å². The Morgan fingerprint density at radius 3 is 2.07 bits per heavy atom. The number of ether oxygens (including phenoxy) is 2. The third-order valence-electron chi connectivity index (χ3n) is 7.71. The fourth-order valence-electron chi connectivity index (χ4n) is 5.31. The average Bonchev–Trinajstić information content (AvgIpc) is 2.94. The SMILES string of the molecule is Cc1ccc(OCCOCC(O)CN2CCN(CCN3C(=O)c4cccc5cccc(c45)C3=O)CC2)cc1C.Cl.Cl. The molecule has 10 heteroatoms. The van der Waals surface area contributed by atoms with Crippen molar-refractivity contribution in [3.8, 4) is 5.75 Å². The van der Waals surface area contributed by atoms with Gasteiger partial charge in [-0.25, -0.2) is 0 Å². The lowest BCUT2D eigenvalue weighted by molar-refractivity contribution is -0.000355. The average molecular weight is 605 g/mol. The number of amides is 2. The molecule has 8 nitrogen and oxygen atoms in total. The fraction of sp³-hybridized carbons (Fsp3) is 0.419. The standard InChI is InChI=1S/C31H37N3O5.2ClH/c1-22-9-10-26(19-23(22)2)39-18-17-38-21-25(35)20-33-13-11-32(12-14-33)15-16-34-30(36)27-7-3-5-24-6-4-8-28(29(24)27)31(34)37;;/h3-10,19,25,35H,11-18,20-21H2,1-2H3;2*1H. The van der Waals surface area contributed by atoms with Gasteiger partial charge in [-0.05, 0) is 54.6 Å². The van der Waals surface area contributed by atoms with E-state index in [0.29, 0.717) is 44.0 Å². The molecule has 0 radical (unpaired) electrons. The quantitative estimate of drug-likeness (QED) is 0.262. The van der Waals surface area contributed by atoms with E-state index in [2.05, 4.69) is 23.6 Å². The van der Waals surface area contributed by atoms with E-state index in [1.807, 2.05) is 42.5 Å². The first-order valence-electron chi connectivity index (χ1n) is 13.7. The zero-order valence-corrected chi connectivity index (χ0v) is 25.2. The predicted molar refractivity (Wildman–Crippen MR) is 165 cm³/mol. The summed E-state index contributed by atoms with van der Waals surface area (Å²) in [4.78, 5) is 32.1. The van der Waals surface area contributed by atoms with Crippen LogP contribution in [0, 0.1) is 13.8 Å². The summed E-state index contributed by atoms with van der Waals surface area (Å²) in [6.45, 7) is 10.1. The molecular weight excluding hydrogens is 565 g/mol. The number of hydrogen-bond acceptors (Lipinski definition) is 7. The molecule has 2 amide bonds. The van der Waals surface area contributed by atoms with E-state index in [0.717, 1.165) is 42.7 Å². The summed E-state index contributed by atoms with van der Waals surface area (Å²) in [7, 11) is 0. The number of halogens is 2. The Bertz CT molecular complexity index is 1300. The Morgan fingerprint density at radius 1 is 0.805 bits per heavy atom. The van der Waals surface area contributed by atoms with Gasteiger partial charge in [-0.15, -0.1) is 24.8 Å². The molecule has 41 heavy (non-hydrogen) atoms. The number of benzene rings is 3. The maximum absolute atomic E-state index is 13.1. The molecule has 1 saturated heterocycles. The summed E-state index contributed by atoms with van der Waals surface area (Å²) in [6, 6.07) is 17.2. The third-order valence-corrected chi connectivity index (χ3v) is 7.71. The van der Waals surface area contributed by atoms with E-state index in [9.17, 15) is 14.7 Å². The van der Waals surface area contributed by atoms with Crippen LogP contribution in [0.15, 0.2) is 54.6 Å². The monoisotopic (exact) mass is 603 g/mol. The van der Waals surface area contributed by atoms with Crippen LogP contribution < -0.4 is 4.74 Å². The van der Waals surface area contributed by atoms with E-state index >= 15 is 0 Å². The zero-order valence-electron chi connectivity index (χ0n) is 23.6. The molecule has 0 aliphatic carbocycles. The van der Waals surface area contributed by atoms with Crippen LogP contribution in [-0.2, 0) is 4.74 Å². The highest BCUT2D eigenvalue weighted by Crippen LogP contribution is 2.29. The van der Waals surface area contributed by atoms with Crippen LogP contribution in [0.25, 0.3) is 10.8 Å². The predicted octanol–water partition coefficient (Wildman–Crippen LogP) is 3.97. The number of aryl methyl sites for hydroxylation is 2. The third kappa shape index (κ3) is 7.77. The number of carbonyl (C=O) groups is 2. The van der Waals surface area contributed by atoms with E-state index in [1.54, 1.807) is 12.1 Å². The van der Waals surface area contributed by atoms with E-state index in [-0.39, 0.29) is 43.2 Å². The Balaban J connectivity index is 0.00000231. The van der Waals surface area contributed by atoms with Crippen molar-refractivity contribution in [3.63, 3.8) is 0 Å². The largest absolute Gasteiger partial charge is 0.491 e. The number of imide groups is 1. The van der Waals surface area contributed by atoms with Crippen LogP contribution in [0.4, 0.5) is 0 Å². The van der Waals surface area contributed by atoms with Gasteiger partial charge in [0.25, 0.3) is 11.8 Å². The van der Waals surface area contributed by atoms with Gasteiger partial charge >= 0.3 is 0 Å². The molecule has 2 aliphatic heterocycles. The minimum atomic E-state index is -0.565. The normalized spacial score (nSPS) is 16.3. The van der Waals surface area contributed by atoms with E-state index in [4.69, 9.17) is 9.47 Å². The Morgan fingerprint density at radius 2 is 1.44 bits per heavy atom. The van der Waals surface area contributed by atoms with Gasteiger partial charge < -0.3 is 14.6 Å². The number of hydrogen-bond donors (Lipinski definition) is 1. The smallest absolute Gasteiger partial charge is 0.261 e. The van der Waals surface area contributed by atoms with Crippen LogP contribution in [0.2, 0.25) is 0 Å². The highest BCUT2D eigenvalue weighted by Gasteiger charge is 2.33. The van der Waals surface area contributed by atoms with Gasteiger partial charge in [0.05, 0.1) is 19.3 Å². The van der Waals surface area contributed by atoms with E-state index < -0.39 is 6.10 Å². The van der Waals surface area contributed by atoms with E-state index in [1.165, 1.54) is 16.0 Å². The minimum absolute atomic E-state index is 0. The van der Waals surface area contributed by atoms with Gasteiger partial charge in [-0.1, -0.05) is 30.3 Å². The van der Waals surface area contributed by atoms with Crippen molar-refractivity contribution < 1.29 is 24.2 Å². The minimum Gasteiger partial charge on any atom is -0.491 e. The van der Waals surface area contributed by atoms with Gasteiger partial charge in [0.1, 0.15) is 12.4 Å². The molecule has 1 atom stereocenters. The first-order valence-corrected chi connectivity index (χ1v) is 13.7. The van der Waals surface area contributed by atoms with Crippen molar-refractivity contribution in [2.75, 3.05) is 65.6 Å². The highest BCUT2D eigenvalue weighted by molar-refractivity contribution is 6.25. The summed E-state index contributed by atoms with van der Waals surface area (Å²) < 4.78 is 11.4. The molecule has 0 bridgehead atoms. The number of piperazine rings is 1. The number of rotatable bonds is 11. The molecule has 5 rings (SSSR count). The summed E-state index contributed by atoms with van der Waals surface area (Å²) in [5.41, 5.74) is 3.63. The molecule has 1 fully saturated rings. The summed E-state index contributed by atoms with van der Waals surface area (Å²) in [5.74, 6) is 0.396. The number of aliphatic hydroxyl groups is 1. The van der Waals surface area contributed by atoms with Crippen molar-refractivity contribution in [2.45, 2.75) is 20.0 Å². The molecule has 1 unspecified atom stereocenters. The Labute approximate surface area is 254 Å². The first-order chi connectivity index (χ1) is 18.9. The zero-order chi connectivity index (χ0) is 27.4. The lowest BCUT2D eigenvalue weighted by Crippen LogP contribution is -2.51. The first kappa shape index (κ1) is 32.8. The van der Waals surface area contributed by atoms with Crippen molar-refractivity contribution in [1.29, 1.82) is 0 Å². The molecule has 3 aromatic carbocycles. The lowest BCUT2D eigenvalue weighted by Gasteiger charge is -2.36. The molecule has 222 valence electrons. The Hall–Kier alpha value is -2.72. The maximum atomic E-state index is 13.1. The summed E-state index contributed by atoms with van der Waals surface area (Å²) >= 11 is 0. The maximum Gasteiger partial charge on any atom is 0.261 e. The molecule has 1 N–H and O–H groups in total. The lowest BCUT2D eigenvalue weighted by atomic mass is 9.94. The van der Waals surface area contributed by atoms with Crippen LogP contribution in [0.3, 0.4) is 0 Å². The van der Waals surface area contributed by atoms with Crippen LogP contribution >= 0.6 is 24.8 Å². The van der Waals surface area contributed by atoms with Gasteiger partial charge in [0.2, 0.25) is 0 Å². The second-order valence-corrected chi connectivity index (χ2v) is 10.4. The van der Waals surface area contributed by atoms with Crippen LogP contribution in [0.1, 0.15) is 31.8 Å². The highest BCUT2D eigenvalue weighted by atomic mass is 35.5. The van der Waals surface area contributed by atoms with Gasteiger partial charge in [0, 0.05) is 62.3 Å². The van der Waals surface area contributed by atoms with Crippen molar-refractivity contribution >= 4 is 47.4 Å². The molecule has 2 aliphatic rings. The number of nitrogens with zero attached hydrogens (tertiary/aromatic N) is 3. The molecule has 0 spiro atoms. The fourth-order valence-corrected chi connectivity index (χ4v) is 5.31. The molecule has 3 aromatic rings. The second-order valence-electron chi connectivity index (χ2n) is 10.4. The second kappa shape index (κ2) is 15.0. The number of aliphatic hydroxyl groups excluding tert-OH is 1. The van der Waals surface area contributed by atoms with Crippen LogP contribution in [-0.4, -0.2) is 103 Å². The molecule has 0 aromatic heterocycles. The molecular formula is C31H39Cl2N3O5. The summed E-state index contributed by atoms with van der Waals surface area (Å²) in [6.07, 6.45) is -0.565. The molecule has 2 heterocycles. The summed E-state index contributed by atoms with van der Waals surface area (Å²) in [5, 5.41) is 12.1. The van der Waals surface area contributed by atoms with Gasteiger partial charge in [-0.2, -0.15) is 0 Å². The van der Waals surface area contributed by atoms with Crippen molar-refractivity contribution in [3.05, 3.63) is 76.9 Å². The Kier molecular flexibility index (Phi) is 12.0. The number of carbonyl (C=O) groups excluding carboxylic acids is 2. The molecule has 0 saturated carbocycles. The number of β-amino-alcohol motifs (C(OH)–C–C–N with tert-alkyl or cyclic N) is 1. The van der Waals surface area contributed by atoms with Gasteiger partial charge in [-0.3, -0.25) is 24.3 Å². The van der Waals surface area contributed by atoms with Gasteiger partial charge in [0.15, 0.2) is 0 Å². The van der Waals surface area contributed by atoms with Crippen LogP contribution in [0.5, 0.6) is 5.75 Å². The topological polar surface area (TPSA) is 82.6 Å².